The molecule has 0 unspecified atom stereocenters. The summed E-state index contributed by atoms with van der Waals surface area (Å²) in [5.41, 5.74) is 1.89. The first-order valence-electron chi connectivity index (χ1n) is 6.11. The average Bonchev–Trinajstić information content (AvgIpc) is 2.77. The van der Waals surface area contributed by atoms with E-state index in [2.05, 4.69) is 0 Å². The summed E-state index contributed by atoms with van der Waals surface area (Å²) in [6.45, 7) is 3.13. The maximum Gasteiger partial charge on any atom is 0.269 e. The topological polar surface area (TPSA) is 59.5 Å². The van der Waals surface area contributed by atoms with Crippen molar-refractivity contribution in [1.82, 2.24) is 4.90 Å². The van der Waals surface area contributed by atoms with Crippen LogP contribution in [0.4, 0.5) is 5.69 Å². The van der Waals surface area contributed by atoms with E-state index in [0.717, 1.165) is 16.9 Å². The highest BCUT2D eigenvalue weighted by Gasteiger charge is 2.12. The van der Waals surface area contributed by atoms with Crippen LogP contribution < -0.4 is 0 Å². The first-order chi connectivity index (χ1) is 9.47. The van der Waals surface area contributed by atoms with Crippen LogP contribution in [0.2, 0.25) is 5.02 Å². The van der Waals surface area contributed by atoms with Crippen LogP contribution in [-0.2, 0) is 13.1 Å². The SMILES string of the molecule is Cc1occc1CN(C)Cc1cc([N+](=O)[O-])ccc1Cl. The Morgan fingerprint density at radius 1 is 1.30 bits per heavy atom. The predicted octanol–water partition coefficient (Wildman–Crippen LogP) is 3.78. The van der Waals surface area contributed by atoms with Gasteiger partial charge in [0.15, 0.2) is 0 Å². The van der Waals surface area contributed by atoms with Gasteiger partial charge in [-0.15, -0.1) is 0 Å². The van der Waals surface area contributed by atoms with Gasteiger partial charge in [0, 0.05) is 35.8 Å². The molecule has 0 aliphatic rings. The summed E-state index contributed by atoms with van der Waals surface area (Å²) >= 11 is 6.09. The van der Waals surface area contributed by atoms with Crippen molar-refractivity contribution in [1.29, 1.82) is 0 Å². The third-order valence-corrected chi connectivity index (χ3v) is 3.46. The number of nitrogens with zero attached hydrogens (tertiary/aromatic N) is 2. The van der Waals surface area contributed by atoms with Crippen LogP contribution in [0, 0.1) is 17.0 Å². The third-order valence-electron chi connectivity index (χ3n) is 3.09. The molecule has 0 fully saturated rings. The number of nitro groups is 1. The molecule has 0 amide bonds. The second-order valence-electron chi connectivity index (χ2n) is 4.71. The second kappa shape index (κ2) is 6.07. The van der Waals surface area contributed by atoms with Gasteiger partial charge >= 0.3 is 0 Å². The van der Waals surface area contributed by atoms with E-state index in [4.69, 9.17) is 16.0 Å². The van der Waals surface area contributed by atoms with Crippen molar-refractivity contribution < 1.29 is 9.34 Å². The lowest BCUT2D eigenvalue weighted by molar-refractivity contribution is -0.384. The monoisotopic (exact) mass is 294 g/mol. The minimum absolute atomic E-state index is 0.0530. The Kier molecular flexibility index (Phi) is 4.42. The Labute approximate surface area is 121 Å². The van der Waals surface area contributed by atoms with Gasteiger partial charge in [0.2, 0.25) is 0 Å². The van der Waals surface area contributed by atoms with Crippen molar-refractivity contribution in [3.05, 3.63) is 62.6 Å². The Hall–Kier alpha value is -1.85. The molecule has 0 saturated carbocycles. The molecule has 2 rings (SSSR count). The molecule has 106 valence electrons. The molecule has 1 aromatic carbocycles. The Morgan fingerprint density at radius 2 is 2.00 bits per heavy atom. The molecule has 20 heavy (non-hydrogen) atoms. The Bertz CT molecular complexity index is 625. The van der Waals surface area contributed by atoms with Crippen molar-refractivity contribution in [2.24, 2.45) is 0 Å². The predicted molar refractivity (Wildman–Crippen MR) is 76.7 cm³/mol. The fourth-order valence-corrected chi connectivity index (χ4v) is 2.19. The van der Waals surface area contributed by atoms with E-state index in [1.165, 1.54) is 12.1 Å². The molecule has 0 saturated heterocycles. The van der Waals surface area contributed by atoms with Gasteiger partial charge in [0.1, 0.15) is 5.76 Å². The minimum atomic E-state index is -0.417. The lowest BCUT2D eigenvalue weighted by Gasteiger charge is -2.17. The summed E-state index contributed by atoms with van der Waals surface area (Å²) in [7, 11) is 1.93. The molecular weight excluding hydrogens is 280 g/mol. The van der Waals surface area contributed by atoms with Gasteiger partial charge in [-0.2, -0.15) is 0 Å². The number of hydrogen-bond donors (Lipinski definition) is 0. The molecular formula is C14H15ClN2O3. The zero-order valence-corrected chi connectivity index (χ0v) is 12.1. The number of halogens is 1. The van der Waals surface area contributed by atoms with Crippen LogP contribution in [0.5, 0.6) is 0 Å². The van der Waals surface area contributed by atoms with Crippen molar-refractivity contribution in [2.45, 2.75) is 20.0 Å². The summed E-state index contributed by atoms with van der Waals surface area (Å²) in [5.74, 6) is 0.877. The normalized spacial score (nSPS) is 11.0. The molecule has 5 nitrogen and oxygen atoms in total. The highest BCUT2D eigenvalue weighted by atomic mass is 35.5. The highest BCUT2D eigenvalue weighted by molar-refractivity contribution is 6.31. The lowest BCUT2D eigenvalue weighted by atomic mass is 10.1. The van der Waals surface area contributed by atoms with E-state index in [-0.39, 0.29) is 5.69 Å². The highest BCUT2D eigenvalue weighted by Crippen LogP contribution is 2.23. The van der Waals surface area contributed by atoms with E-state index >= 15 is 0 Å². The number of hydrogen-bond acceptors (Lipinski definition) is 4. The molecule has 1 heterocycles. The molecule has 0 aliphatic carbocycles. The van der Waals surface area contributed by atoms with Gasteiger partial charge in [-0.25, -0.2) is 0 Å². The molecule has 1 aromatic heterocycles. The fraction of sp³-hybridized carbons (Fsp3) is 0.286. The van der Waals surface area contributed by atoms with Gasteiger partial charge in [0.25, 0.3) is 5.69 Å². The van der Waals surface area contributed by atoms with Gasteiger partial charge in [-0.3, -0.25) is 15.0 Å². The molecule has 0 radical (unpaired) electrons. The van der Waals surface area contributed by atoms with E-state index in [0.29, 0.717) is 18.1 Å². The Morgan fingerprint density at radius 3 is 2.60 bits per heavy atom. The van der Waals surface area contributed by atoms with Crippen molar-refractivity contribution in [3.63, 3.8) is 0 Å². The number of non-ortho nitro benzene ring substituents is 1. The second-order valence-corrected chi connectivity index (χ2v) is 5.11. The zero-order valence-electron chi connectivity index (χ0n) is 11.3. The van der Waals surface area contributed by atoms with Crippen molar-refractivity contribution >= 4 is 17.3 Å². The smallest absolute Gasteiger partial charge is 0.269 e. The average molecular weight is 295 g/mol. The molecule has 0 bridgehead atoms. The molecule has 0 atom stereocenters. The van der Waals surface area contributed by atoms with Crippen LogP contribution in [0.3, 0.4) is 0 Å². The number of benzene rings is 1. The molecule has 6 heteroatoms. The summed E-state index contributed by atoms with van der Waals surface area (Å²) in [6.07, 6.45) is 1.65. The number of nitro benzene ring substituents is 1. The number of aryl methyl sites for hydroxylation is 1. The van der Waals surface area contributed by atoms with Crippen LogP contribution in [0.1, 0.15) is 16.9 Å². The summed E-state index contributed by atoms with van der Waals surface area (Å²) in [5, 5.41) is 11.3. The molecule has 2 aromatic rings. The van der Waals surface area contributed by atoms with Crippen LogP contribution >= 0.6 is 11.6 Å². The minimum Gasteiger partial charge on any atom is -0.469 e. The fourth-order valence-electron chi connectivity index (χ4n) is 2.01. The number of furan rings is 1. The summed E-state index contributed by atoms with van der Waals surface area (Å²) in [6, 6.07) is 6.40. The van der Waals surface area contributed by atoms with Gasteiger partial charge in [-0.05, 0) is 31.7 Å². The van der Waals surface area contributed by atoms with E-state index < -0.39 is 4.92 Å². The van der Waals surface area contributed by atoms with Gasteiger partial charge < -0.3 is 4.42 Å². The standard InChI is InChI=1S/C14H15ClN2O3/c1-10-11(5-6-20-10)8-16(2)9-12-7-13(17(18)19)3-4-14(12)15/h3-7H,8-9H2,1-2H3. The lowest BCUT2D eigenvalue weighted by Crippen LogP contribution is -2.17. The summed E-state index contributed by atoms with van der Waals surface area (Å²) < 4.78 is 5.25. The first kappa shape index (κ1) is 14.6. The largest absolute Gasteiger partial charge is 0.469 e. The van der Waals surface area contributed by atoms with Crippen molar-refractivity contribution in [2.75, 3.05) is 7.05 Å². The van der Waals surface area contributed by atoms with Crippen LogP contribution in [0.15, 0.2) is 34.9 Å². The molecule has 0 aliphatic heterocycles. The third kappa shape index (κ3) is 3.37. The maximum atomic E-state index is 10.8. The maximum absolute atomic E-state index is 10.8. The first-order valence-corrected chi connectivity index (χ1v) is 6.49. The van der Waals surface area contributed by atoms with Gasteiger partial charge in [0.05, 0.1) is 11.2 Å². The quantitative estimate of drug-likeness (QED) is 0.622. The number of rotatable bonds is 5. The van der Waals surface area contributed by atoms with E-state index in [1.807, 2.05) is 24.9 Å². The Balaban J connectivity index is 2.11. The molecule has 0 N–H and O–H groups in total. The summed E-state index contributed by atoms with van der Waals surface area (Å²) in [4.78, 5) is 12.4. The van der Waals surface area contributed by atoms with Crippen LogP contribution in [-0.4, -0.2) is 16.9 Å². The molecule has 0 spiro atoms. The van der Waals surface area contributed by atoms with E-state index in [9.17, 15) is 10.1 Å². The zero-order chi connectivity index (χ0) is 14.7. The van der Waals surface area contributed by atoms with E-state index in [1.54, 1.807) is 12.3 Å². The van der Waals surface area contributed by atoms with Crippen LogP contribution in [0.25, 0.3) is 0 Å². The van der Waals surface area contributed by atoms with Gasteiger partial charge in [-0.1, -0.05) is 11.6 Å². The van der Waals surface area contributed by atoms with Crippen molar-refractivity contribution in [3.8, 4) is 0 Å².